The summed E-state index contributed by atoms with van der Waals surface area (Å²) in [6.07, 6.45) is 4.14. The van der Waals surface area contributed by atoms with E-state index in [1.54, 1.807) is 0 Å². The number of hydrogen-bond acceptors (Lipinski definition) is 2. The number of benzene rings is 3. The molecule has 0 saturated carbocycles. The average molecular weight is 284 g/mol. The molecule has 3 aromatic rings. The SMILES string of the molecule is C1=Cc2ccccc2/C1=C1\Oc2ccc3ccccc3c2O1. The van der Waals surface area contributed by atoms with Crippen molar-refractivity contribution in [2.24, 2.45) is 0 Å². The lowest BCUT2D eigenvalue weighted by Crippen LogP contribution is -1.98. The van der Waals surface area contributed by atoms with Gasteiger partial charge in [0.05, 0.1) is 5.57 Å². The van der Waals surface area contributed by atoms with Crippen molar-refractivity contribution < 1.29 is 9.47 Å². The Bertz CT molecular complexity index is 980. The molecule has 0 radical (unpaired) electrons. The first-order valence-electron chi connectivity index (χ1n) is 7.29. The number of hydrogen-bond donors (Lipinski definition) is 0. The number of rotatable bonds is 0. The average Bonchev–Trinajstić information content (AvgIpc) is 3.18. The molecule has 5 rings (SSSR count). The Morgan fingerprint density at radius 2 is 1.55 bits per heavy atom. The molecule has 0 bridgehead atoms. The van der Waals surface area contributed by atoms with E-state index in [1.807, 2.05) is 36.4 Å². The summed E-state index contributed by atoms with van der Waals surface area (Å²) in [7, 11) is 0. The lowest BCUT2D eigenvalue weighted by Gasteiger charge is -2.04. The maximum absolute atomic E-state index is 6.07. The Balaban J connectivity index is 1.68. The zero-order valence-corrected chi connectivity index (χ0v) is 11.7. The molecule has 104 valence electrons. The molecule has 0 amide bonds. The van der Waals surface area contributed by atoms with Crippen LogP contribution in [0.3, 0.4) is 0 Å². The molecule has 22 heavy (non-hydrogen) atoms. The standard InChI is InChI=1S/C20H12O2/c1-3-7-15-13(5-1)9-11-17(15)20-21-18-12-10-14-6-2-4-8-16(14)19(18)22-20/h1-12H/b20-17+. The van der Waals surface area contributed by atoms with E-state index >= 15 is 0 Å². The Labute approximate surface area is 127 Å². The summed E-state index contributed by atoms with van der Waals surface area (Å²) in [6, 6.07) is 20.5. The van der Waals surface area contributed by atoms with Crippen LogP contribution in [0, 0.1) is 0 Å². The van der Waals surface area contributed by atoms with E-state index in [0.717, 1.165) is 33.4 Å². The molecule has 0 unspecified atom stereocenters. The third kappa shape index (κ3) is 1.55. The predicted molar refractivity (Wildman–Crippen MR) is 87.6 cm³/mol. The zero-order valence-electron chi connectivity index (χ0n) is 11.7. The van der Waals surface area contributed by atoms with Gasteiger partial charge >= 0.3 is 0 Å². The van der Waals surface area contributed by atoms with Crippen molar-refractivity contribution >= 4 is 22.4 Å². The third-order valence-electron chi connectivity index (χ3n) is 4.14. The van der Waals surface area contributed by atoms with Crippen LogP contribution in [-0.2, 0) is 0 Å². The summed E-state index contributed by atoms with van der Waals surface area (Å²) in [4.78, 5) is 0. The van der Waals surface area contributed by atoms with E-state index in [4.69, 9.17) is 9.47 Å². The third-order valence-corrected chi connectivity index (χ3v) is 4.14. The van der Waals surface area contributed by atoms with E-state index in [-0.39, 0.29) is 0 Å². The van der Waals surface area contributed by atoms with Crippen LogP contribution >= 0.6 is 0 Å². The Hall–Kier alpha value is -3.00. The molecule has 1 aliphatic carbocycles. The van der Waals surface area contributed by atoms with Gasteiger partial charge in [-0.15, -0.1) is 0 Å². The maximum Gasteiger partial charge on any atom is 0.298 e. The van der Waals surface area contributed by atoms with Gasteiger partial charge < -0.3 is 9.47 Å². The fourth-order valence-corrected chi connectivity index (χ4v) is 3.06. The molecule has 0 N–H and O–H groups in total. The highest BCUT2D eigenvalue weighted by molar-refractivity contribution is 5.94. The van der Waals surface area contributed by atoms with Crippen LogP contribution in [0.1, 0.15) is 11.1 Å². The molecule has 0 saturated heterocycles. The second-order valence-electron chi connectivity index (χ2n) is 5.44. The molecule has 0 fully saturated rings. The van der Waals surface area contributed by atoms with Gasteiger partial charge in [0.2, 0.25) is 0 Å². The van der Waals surface area contributed by atoms with Gasteiger partial charge in [0.1, 0.15) is 0 Å². The second-order valence-corrected chi connectivity index (χ2v) is 5.44. The molecule has 0 aromatic heterocycles. The molecule has 0 atom stereocenters. The molecule has 1 aliphatic heterocycles. The summed E-state index contributed by atoms with van der Waals surface area (Å²) >= 11 is 0. The van der Waals surface area contributed by atoms with E-state index in [2.05, 4.69) is 36.4 Å². The topological polar surface area (TPSA) is 18.5 Å². The van der Waals surface area contributed by atoms with Crippen LogP contribution in [0.4, 0.5) is 0 Å². The van der Waals surface area contributed by atoms with Gasteiger partial charge in [-0.05, 0) is 28.7 Å². The van der Waals surface area contributed by atoms with Crippen LogP contribution in [0.15, 0.2) is 72.7 Å². The highest BCUT2D eigenvalue weighted by Crippen LogP contribution is 2.45. The van der Waals surface area contributed by atoms with Crippen LogP contribution in [-0.4, -0.2) is 0 Å². The summed E-state index contributed by atoms with van der Waals surface area (Å²) in [5.74, 6) is 2.14. The highest BCUT2D eigenvalue weighted by Gasteiger charge is 2.26. The Kier molecular flexibility index (Phi) is 2.25. The van der Waals surface area contributed by atoms with Crippen LogP contribution in [0.2, 0.25) is 0 Å². The van der Waals surface area contributed by atoms with Gasteiger partial charge in [-0.3, -0.25) is 0 Å². The van der Waals surface area contributed by atoms with Gasteiger partial charge in [0.15, 0.2) is 11.5 Å². The number of allylic oxidation sites excluding steroid dienone is 2. The van der Waals surface area contributed by atoms with E-state index in [9.17, 15) is 0 Å². The summed E-state index contributed by atoms with van der Waals surface area (Å²) in [5, 5.41) is 2.23. The lowest BCUT2D eigenvalue weighted by molar-refractivity contribution is 0.292. The monoisotopic (exact) mass is 284 g/mol. The molecular weight excluding hydrogens is 272 g/mol. The molecule has 0 spiro atoms. The van der Waals surface area contributed by atoms with Crippen molar-refractivity contribution in [3.05, 3.63) is 83.8 Å². The highest BCUT2D eigenvalue weighted by atomic mass is 16.7. The second kappa shape index (κ2) is 4.25. The van der Waals surface area contributed by atoms with E-state index in [0.29, 0.717) is 5.95 Å². The van der Waals surface area contributed by atoms with Crippen molar-refractivity contribution in [1.29, 1.82) is 0 Å². The fraction of sp³-hybridized carbons (Fsp3) is 0. The summed E-state index contributed by atoms with van der Waals surface area (Å²) < 4.78 is 12.0. The van der Waals surface area contributed by atoms with Gasteiger partial charge in [-0.2, -0.15) is 0 Å². The molecule has 3 aromatic carbocycles. The minimum atomic E-state index is 0.563. The molecular formula is C20H12O2. The molecule has 2 nitrogen and oxygen atoms in total. The largest absolute Gasteiger partial charge is 0.422 e. The van der Waals surface area contributed by atoms with Crippen molar-refractivity contribution in [2.45, 2.75) is 0 Å². The molecule has 2 aliphatic rings. The number of fused-ring (bicyclic) bond motifs is 4. The molecule has 1 heterocycles. The zero-order chi connectivity index (χ0) is 14.5. The normalized spacial score (nSPS) is 18.0. The lowest BCUT2D eigenvalue weighted by atomic mass is 10.1. The van der Waals surface area contributed by atoms with Crippen LogP contribution in [0.5, 0.6) is 11.5 Å². The first-order valence-corrected chi connectivity index (χ1v) is 7.29. The van der Waals surface area contributed by atoms with E-state index in [1.165, 1.54) is 5.56 Å². The molecule has 2 heteroatoms. The summed E-state index contributed by atoms with van der Waals surface area (Å²) in [5.41, 5.74) is 3.34. The Morgan fingerprint density at radius 1 is 0.682 bits per heavy atom. The van der Waals surface area contributed by atoms with Gasteiger partial charge in [-0.25, -0.2) is 0 Å². The predicted octanol–water partition coefficient (Wildman–Crippen LogP) is 5.01. The van der Waals surface area contributed by atoms with Crippen molar-refractivity contribution in [3.63, 3.8) is 0 Å². The van der Waals surface area contributed by atoms with Crippen LogP contribution in [0.25, 0.3) is 22.4 Å². The smallest absolute Gasteiger partial charge is 0.298 e. The van der Waals surface area contributed by atoms with Crippen molar-refractivity contribution in [3.8, 4) is 11.5 Å². The minimum Gasteiger partial charge on any atom is -0.422 e. The van der Waals surface area contributed by atoms with Gasteiger partial charge in [0.25, 0.3) is 5.95 Å². The number of ether oxygens (including phenoxy) is 2. The van der Waals surface area contributed by atoms with E-state index < -0.39 is 0 Å². The van der Waals surface area contributed by atoms with Crippen molar-refractivity contribution in [1.82, 2.24) is 0 Å². The van der Waals surface area contributed by atoms with Gasteiger partial charge in [0, 0.05) is 5.39 Å². The summed E-state index contributed by atoms with van der Waals surface area (Å²) in [6.45, 7) is 0. The quantitative estimate of drug-likeness (QED) is 0.578. The first-order chi connectivity index (χ1) is 10.9. The first kappa shape index (κ1) is 11.6. The van der Waals surface area contributed by atoms with Crippen molar-refractivity contribution in [2.75, 3.05) is 0 Å². The minimum absolute atomic E-state index is 0.563. The van der Waals surface area contributed by atoms with Crippen LogP contribution < -0.4 is 9.47 Å². The maximum atomic E-state index is 6.07. The van der Waals surface area contributed by atoms with Gasteiger partial charge in [-0.1, -0.05) is 60.7 Å². The Morgan fingerprint density at radius 3 is 2.55 bits per heavy atom. The fourth-order valence-electron chi connectivity index (χ4n) is 3.06.